The molecule has 0 radical (unpaired) electrons. The second-order valence-electron chi connectivity index (χ2n) is 4.26. The van der Waals surface area contributed by atoms with Gasteiger partial charge < -0.3 is 11.1 Å². The van der Waals surface area contributed by atoms with E-state index in [0.717, 1.165) is 10.6 Å². The van der Waals surface area contributed by atoms with Crippen molar-refractivity contribution in [3.63, 3.8) is 0 Å². The van der Waals surface area contributed by atoms with E-state index >= 15 is 0 Å². The highest BCUT2D eigenvalue weighted by Crippen LogP contribution is 2.14. The Morgan fingerprint density at radius 3 is 2.84 bits per heavy atom. The predicted molar refractivity (Wildman–Crippen MR) is 76.6 cm³/mol. The van der Waals surface area contributed by atoms with Gasteiger partial charge in [-0.1, -0.05) is 30.3 Å². The fourth-order valence-corrected chi connectivity index (χ4v) is 2.31. The van der Waals surface area contributed by atoms with E-state index in [9.17, 15) is 4.79 Å². The maximum absolute atomic E-state index is 11.7. The summed E-state index contributed by atoms with van der Waals surface area (Å²) in [5.74, 6) is 0.0154. The molecule has 19 heavy (non-hydrogen) atoms. The molecular weight excluding hydrogens is 258 g/mol. The first-order valence-electron chi connectivity index (χ1n) is 6.21. The van der Waals surface area contributed by atoms with Crippen LogP contribution in [-0.4, -0.2) is 10.9 Å². The van der Waals surface area contributed by atoms with Crippen LogP contribution in [0.25, 0.3) is 0 Å². The SMILES string of the molecule is NC(CCC(=O)NCc1nccs1)c1ccccc1. The van der Waals surface area contributed by atoms with Crippen LogP contribution in [0.5, 0.6) is 0 Å². The van der Waals surface area contributed by atoms with Crippen molar-refractivity contribution in [2.24, 2.45) is 5.73 Å². The smallest absolute Gasteiger partial charge is 0.220 e. The van der Waals surface area contributed by atoms with Gasteiger partial charge in [0.1, 0.15) is 5.01 Å². The molecule has 2 aromatic rings. The Balaban J connectivity index is 1.71. The third kappa shape index (κ3) is 4.46. The summed E-state index contributed by atoms with van der Waals surface area (Å²) in [7, 11) is 0. The topological polar surface area (TPSA) is 68.0 Å². The largest absolute Gasteiger partial charge is 0.350 e. The lowest BCUT2D eigenvalue weighted by molar-refractivity contribution is -0.121. The lowest BCUT2D eigenvalue weighted by Crippen LogP contribution is -2.24. The van der Waals surface area contributed by atoms with Crippen molar-refractivity contribution < 1.29 is 4.79 Å². The molecule has 1 aromatic heterocycles. The number of carbonyl (C=O) groups excluding carboxylic acids is 1. The standard InChI is InChI=1S/C14H17N3OS/c15-12(11-4-2-1-3-5-11)6-7-13(18)17-10-14-16-8-9-19-14/h1-5,8-9,12H,6-7,10,15H2,(H,17,18). The number of thiazole rings is 1. The fraction of sp³-hybridized carbons (Fsp3) is 0.286. The zero-order chi connectivity index (χ0) is 13.5. The molecule has 0 aliphatic rings. The van der Waals surface area contributed by atoms with Crippen molar-refractivity contribution in [1.82, 2.24) is 10.3 Å². The van der Waals surface area contributed by atoms with Crippen LogP contribution in [0, 0.1) is 0 Å². The molecule has 2 rings (SSSR count). The molecule has 0 fully saturated rings. The number of hydrogen-bond acceptors (Lipinski definition) is 4. The van der Waals surface area contributed by atoms with Gasteiger partial charge in [-0.15, -0.1) is 11.3 Å². The molecule has 4 nitrogen and oxygen atoms in total. The van der Waals surface area contributed by atoms with Gasteiger partial charge in [-0.2, -0.15) is 0 Å². The number of nitrogens with one attached hydrogen (secondary N) is 1. The van der Waals surface area contributed by atoms with Gasteiger partial charge in [0.2, 0.25) is 5.91 Å². The summed E-state index contributed by atoms with van der Waals surface area (Å²) in [5.41, 5.74) is 7.11. The lowest BCUT2D eigenvalue weighted by Gasteiger charge is -2.11. The minimum absolute atomic E-state index is 0.0154. The van der Waals surface area contributed by atoms with E-state index in [4.69, 9.17) is 5.73 Å². The maximum atomic E-state index is 11.7. The molecule has 0 saturated carbocycles. The van der Waals surface area contributed by atoms with Crippen molar-refractivity contribution in [2.45, 2.75) is 25.4 Å². The van der Waals surface area contributed by atoms with Crippen LogP contribution in [0.1, 0.15) is 29.5 Å². The molecule has 100 valence electrons. The second kappa shape index (κ2) is 7.01. The van der Waals surface area contributed by atoms with Gasteiger partial charge >= 0.3 is 0 Å². The van der Waals surface area contributed by atoms with Crippen molar-refractivity contribution in [1.29, 1.82) is 0 Å². The van der Waals surface area contributed by atoms with E-state index in [2.05, 4.69) is 10.3 Å². The summed E-state index contributed by atoms with van der Waals surface area (Å²) in [5, 5.41) is 5.66. The molecule has 0 aliphatic heterocycles. The van der Waals surface area contributed by atoms with Crippen molar-refractivity contribution >= 4 is 17.2 Å². The molecule has 0 spiro atoms. The lowest BCUT2D eigenvalue weighted by atomic mass is 10.0. The second-order valence-corrected chi connectivity index (χ2v) is 5.24. The number of nitrogens with two attached hydrogens (primary N) is 1. The van der Waals surface area contributed by atoms with Crippen molar-refractivity contribution in [2.75, 3.05) is 0 Å². The Kier molecular flexibility index (Phi) is 5.06. The number of carbonyl (C=O) groups is 1. The number of hydrogen-bond donors (Lipinski definition) is 2. The number of aromatic nitrogens is 1. The van der Waals surface area contributed by atoms with Gasteiger partial charge in [0.05, 0.1) is 6.54 Å². The monoisotopic (exact) mass is 275 g/mol. The van der Waals surface area contributed by atoms with Gasteiger partial charge in [-0.05, 0) is 12.0 Å². The van der Waals surface area contributed by atoms with Gasteiger partial charge in [-0.25, -0.2) is 4.98 Å². The first-order valence-corrected chi connectivity index (χ1v) is 7.09. The summed E-state index contributed by atoms with van der Waals surface area (Å²) < 4.78 is 0. The molecule has 0 bridgehead atoms. The van der Waals surface area contributed by atoms with Gasteiger partial charge in [0, 0.05) is 24.0 Å². The molecule has 5 heteroatoms. The summed E-state index contributed by atoms with van der Waals surface area (Å²) in [6, 6.07) is 9.75. The van der Waals surface area contributed by atoms with Crippen molar-refractivity contribution in [3.8, 4) is 0 Å². The molecule has 1 unspecified atom stereocenters. The zero-order valence-electron chi connectivity index (χ0n) is 10.6. The quantitative estimate of drug-likeness (QED) is 0.849. The van der Waals surface area contributed by atoms with Crippen LogP contribution in [0.3, 0.4) is 0 Å². The van der Waals surface area contributed by atoms with Crippen LogP contribution < -0.4 is 11.1 Å². The molecular formula is C14H17N3OS. The van der Waals surface area contributed by atoms with E-state index in [1.54, 1.807) is 6.20 Å². The first kappa shape index (κ1) is 13.7. The summed E-state index contributed by atoms with van der Waals surface area (Å²) >= 11 is 1.54. The van der Waals surface area contributed by atoms with E-state index in [0.29, 0.717) is 19.4 Å². The third-order valence-corrected chi connectivity index (χ3v) is 3.61. The van der Waals surface area contributed by atoms with Crippen LogP contribution in [0.15, 0.2) is 41.9 Å². The van der Waals surface area contributed by atoms with E-state index in [-0.39, 0.29) is 11.9 Å². The number of nitrogens with zero attached hydrogens (tertiary/aromatic N) is 1. The first-order chi connectivity index (χ1) is 9.25. The maximum Gasteiger partial charge on any atom is 0.220 e. The highest BCUT2D eigenvalue weighted by Gasteiger charge is 2.09. The highest BCUT2D eigenvalue weighted by atomic mass is 32.1. The molecule has 1 aromatic carbocycles. The molecule has 0 saturated heterocycles. The van der Waals surface area contributed by atoms with Crippen LogP contribution >= 0.6 is 11.3 Å². The van der Waals surface area contributed by atoms with E-state index in [1.807, 2.05) is 35.7 Å². The Morgan fingerprint density at radius 2 is 2.16 bits per heavy atom. The predicted octanol–water partition coefficient (Wildman–Crippen LogP) is 2.24. The summed E-state index contributed by atoms with van der Waals surface area (Å²) in [6.07, 6.45) is 2.81. The minimum atomic E-state index is -0.0909. The average molecular weight is 275 g/mol. The Labute approximate surface area is 116 Å². The van der Waals surface area contributed by atoms with E-state index in [1.165, 1.54) is 11.3 Å². The molecule has 1 heterocycles. The normalized spacial score (nSPS) is 12.1. The van der Waals surface area contributed by atoms with Gasteiger partial charge in [0.25, 0.3) is 0 Å². The molecule has 0 aliphatic carbocycles. The Morgan fingerprint density at radius 1 is 1.37 bits per heavy atom. The Hall–Kier alpha value is -1.72. The van der Waals surface area contributed by atoms with Crippen LogP contribution in [-0.2, 0) is 11.3 Å². The fourth-order valence-electron chi connectivity index (χ4n) is 1.76. The zero-order valence-corrected chi connectivity index (χ0v) is 11.4. The van der Waals surface area contributed by atoms with Crippen molar-refractivity contribution in [3.05, 3.63) is 52.5 Å². The molecule has 3 N–H and O–H groups in total. The van der Waals surface area contributed by atoms with Crippen LogP contribution in [0.4, 0.5) is 0 Å². The highest BCUT2D eigenvalue weighted by molar-refractivity contribution is 7.09. The molecule has 1 atom stereocenters. The summed E-state index contributed by atoms with van der Waals surface area (Å²) in [4.78, 5) is 15.8. The Bertz CT molecular complexity index is 499. The van der Waals surface area contributed by atoms with Gasteiger partial charge in [0.15, 0.2) is 0 Å². The van der Waals surface area contributed by atoms with E-state index < -0.39 is 0 Å². The number of rotatable bonds is 6. The summed E-state index contributed by atoms with van der Waals surface area (Å²) in [6.45, 7) is 0.497. The average Bonchev–Trinajstić information content (AvgIpc) is 2.96. The van der Waals surface area contributed by atoms with Gasteiger partial charge in [-0.3, -0.25) is 4.79 Å². The minimum Gasteiger partial charge on any atom is -0.350 e. The van der Waals surface area contributed by atoms with Crippen LogP contribution in [0.2, 0.25) is 0 Å². The molecule has 1 amide bonds. The third-order valence-electron chi connectivity index (χ3n) is 2.83. The number of benzene rings is 1. The number of amides is 1.